The molecule has 2 saturated heterocycles. The molecule has 0 aromatic carbocycles. The number of hydrogen-bond acceptors (Lipinski definition) is 3. The van der Waals surface area contributed by atoms with E-state index in [0.717, 1.165) is 12.3 Å². The van der Waals surface area contributed by atoms with E-state index in [4.69, 9.17) is 5.11 Å². The molecule has 1 atom stereocenters. The maximum absolute atomic E-state index is 8.91. The Balaban J connectivity index is 1.53. The number of hydrogen-bond donors (Lipinski definition) is 1. The molecule has 0 aliphatic carbocycles. The molecular weight excluding hydrogens is 200 g/mol. The average molecular weight is 226 g/mol. The van der Waals surface area contributed by atoms with Crippen LogP contribution in [-0.2, 0) is 0 Å². The molecule has 0 saturated carbocycles. The van der Waals surface area contributed by atoms with E-state index in [-0.39, 0.29) is 0 Å². The summed E-state index contributed by atoms with van der Waals surface area (Å²) in [6, 6.07) is 0. The molecule has 0 amide bonds. The van der Waals surface area contributed by atoms with Gasteiger partial charge in [-0.15, -0.1) is 0 Å². The highest BCUT2D eigenvalue weighted by molar-refractivity contribution is 4.76. The summed E-state index contributed by atoms with van der Waals surface area (Å²) in [4.78, 5) is 5.18. The Hall–Kier alpha value is -0.120. The first-order chi connectivity index (χ1) is 7.88. The fourth-order valence-electron chi connectivity index (χ4n) is 3.06. The van der Waals surface area contributed by atoms with Gasteiger partial charge in [0.1, 0.15) is 0 Å². The number of aliphatic hydroxyl groups excluding tert-OH is 1. The Morgan fingerprint density at radius 2 is 1.75 bits per heavy atom. The first-order valence-electron chi connectivity index (χ1n) is 6.94. The van der Waals surface area contributed by atoms with Crippen LogP contribution in [0.1, 0.15) is 32.1 Å². The van der Waals surface area contributed by atoms with Gasteiger partial charge in [0.15, 0.2) is 0 Å². The van der Waals surface area contributed by atoms with Crippen molar-refractivity contribution in [3.8, 4) is 0 Å². The van der Waals surface area contributed by atoms with E-state index in [1.165, 1.54) is 65.0 Å². The predicted octanol–water partition coefficient (Wildman–Crippen LogP) is 1.18. The summed E-state index contributed by atoms with van der Waals surface area (Å²) >= 11 is 0. The van der Waals surface area contributed by atoms with Gasteiger partial charge in [0.05, 0.1) is 0 Å². The summed E-state index contributed by atoms with van der Waals surface area (Å²) in [6.45, 7) is 8.05. The van der Waals surface area contributed by atoms with Crippen LogP contribution in [0.25, 0.3) is 0 Å². The Kier molecular flexibility index (Phi) is 5.07. The molecule has 0 spiro atoms. The summed E-state index contributed by atoms with van der Waals surface area (Å²) in [5, 5.41) is 8.91. The Labute approximate surface area is 99.4 Å². The van der Waals surface area contributed by atoms with Crippen LogP contribution < -0.4 is 0 Å². The van der Waals surface area contributed by atoms with E-state index in [9.17, 15) is 0 Å². The van der Waals surface area contributed by atoms with Gasteiger partial charge in [0.25, 0.3) is 0 Å². The van der Waals surface area contributed by atoms with Crippen molar-refractivity contribution in [2.45, 2.75) is 32.1 Å². The third-order valence-electron chi connectivity index (χ3n) is 4.05. The van der Waals surface area contributed by atoms with Gasteiger partial charge in [-0.2, -0.15) is 0 Å². The normalized spacial score (nSPS) is 27.9. The zero-order chi connectivity index (χ0) is 11.2. The van der Waals surface area contributed by atoms with Gasteiger partial charge in [-0.25, -0.2) is 0 Å². The topological polar surface area (TPSA) is 26.7 Å². The molecule has 0 bridgehead atoms. The fraction of sp³-hybridized carbons (Fsp3) is 1.00. The van der Waals surface area contributed by atoms with Crippen LogP contribution in [0, 0.1) is 5.92 Å². The van der Waals surface area contributed by atoms with Crippen molar-refractivity contribution >= 4 is 0 Å². The van der Waals surface area contributed by atoms with Gasteiger partial charge in [-0.05, 0) is 70.7 Å². The van der Waals surface area contributed by atoms with E-state index in [2.05, 4.69) is 9.80 Å². The van der Waals surface area contributed by atoms with Crippen LogP contribution in [0.2, 0.25) is 0 Å². The van der Waals surface area contributed by atoms with Gasteiger partial charge in [-0.1, -0.05) is 0 Å². The van der Waals surface area contributed by atoms with Crippen molar-refractivity contribution in [3.63, 3.8) is 0 Å². The average Bonchev–Trinajstić information content (AvgIpc) is 2.90. The van der Waals surface area contributed by atoms with Gasteiger partial charge in [-0.3, -0.25) is 0 Å². The molecule has 0 aromatic rings. The molecular formula is C13H26N2O. The number of aliphatic hydroxyl groups is 1. The highest BCUT2D eigenvalue weighted by Crippen LogP contribution is 2.19. The lowest BCUT2D eigenvalue weighted by Crippen LogP contribution is -2.27. The minimum Gasteiger partial charge on any atom is -0.396 e. The Morgan fingerprint density at radius 3 is 2.50 bits per heavy atom. The zero-order valence-corrected chi connectivity index (χ0v) is 10.4. The molecule has 3 nitrogen and oxygen atoms in total. The van der Waals surface area contributed by atoms with Gasteiger partial charge in [0.2, 0.25) is 0 Å². The molecule has 2 aliphatic heterocycles. The third kappa shape index (κ3) is 3.72. The molecule has 1 N–H and O–H groups in total. The minimum absolute atomic E-state index is 0.367. The van der Waals surface area contributed by atoms with Crippen molar-refractivity contribution in [2.24, 2.45) is 5.92 Å². The maximum atomic E-state index is 8.91. The first-order valence-corrected chi connectivity index (χ1v) is 6.94. The predicted molar refractivity (Wildman–Crippen MR) is 66.5 cm³/mol. The summed E-state index contributed by atoms with van der Waals surface area (Å²) in [5.74, 6) is 0.761. The summed E-state index contributed by atoms with van der Waals surface area (Å²) < 4.78 is 0. The number of likely N-dealkylation sites (tertiary alicyclic amines) is 2. The lowest BCUT2D eigenvalue weighted by Gasteiger charge is -2.19. The van der Waals surface area contributed by atoms with Crippen molar-refractivity contribution in [3.05, 3.63) is 0 Å². The van der Waals surface area contributed by atoms with E-state index >= 15 is 0 Å². The summed E-state index contributed by atoms with van der Waals surface area (Å²) in [5.41, 5.74) is 0. The monoisotopic (exact) mass is 226 g/mol. The van der Waals surface area contributed by atoms with E-state index < -0.39 is 0 Å². The van der Waals surface area contributed by atoms with Crippen LogP contribution in [-0.4, -0.2) is 60.8 Å². The molecule has 1 unspecified atom stereocenters. The lowest BCUT2D eigenvalue weighted by atomic mass is 10.1. The molecule has 2 fully saturated rings. The van der Waals surface area contributed by atoms with E-state index in [0.29, 0.717) is 6.61 Å². The zero-order valence-electron chi connectivity index (χ0n) is 10.4. The number of rotatable bonds is 6. The van der Waals surface area contributed by atoms with Crippen LogP contribution >= 0.6 is 0 Å². The minimum atomic E-state index is 0.367. The van der Waals surface area contributed by atoms with Crippen molar-refractivity contribution < 1.29 is 5.11 Å². The highest BCUT2D eigenvalue weighted by Gasteiger charge is 2.21. The molecule has 2 aliphatic rings. The van der Waals surface area contributed by atoms with Crippen molar-refractivity contribution in [1.29, 1.82) is 0 Å². The maximum Gasteiger partial charge on any atom is 0.0434 e. The summed E-state index contributed by atoms with van der Waals surface area (Å²) in [7, 11) is 0. The molecule has 0 radical (unpaired) electrons. The number of nitrogens with zero attached hydrogens (tertiary/aromatic N) is 2. The largest absolute Gasteiger partial charge is 0.396 e. The molecule has 3 heteroatoms. The molecule has 94 valence electrons. The standard InChI is InChI=1S/C13H26N2O/c16-11-5-13-4-10-15(12-13)9-3-8-14-6-1-2-7-14/h13,16H,1-12H2. The van der Waals surface area contributed by atoms with Crippen LogP contribution in [0.4, 0.5) is 0 Å². The fourth-order valence-corrected chi connectivity index (χ4v) is 3.06. The second kappa shape index (κ2) is 6.58. The van der Waals surface area contributed by atoms with Crippen LogP contribution in [0.5, 0.6) is 0 Å². The third-order valence-corrected chi connectivity index (χ3v) is 4.05. The van der Waals surface area contributed by atoms with Gasteiger partial charge < -0.3 is 14.9 Å². The van der Waals surface area contributed by atoms with Gasteiger partial charge >= 0.3 is 0 Å². The SMILES string of the molecule is OCCC1CCN(CCCN2CCCC2)C1. The molecule has 2 rings (SSSR count). The Morgan fingerprint density at radius 1 is 1.00 bits per heavy atom. The first kappa shape index (κ1) is 12.3. The quantitative estimate of drug-likeness (QED) is 0.736. The van der Waals surface area contributed by atoms with Crippen LogP contribution in [0.15, 0.2) is 0 Å². The van der Waals surface area contributed by atoms with E-state index in [1.807, 2.05) is 0 Å². The smallest absolute Gasteiger partial charge is 0.0434 e. The lowest BCUT2D eigenvalue weighted by molar-refractivity contribution is 0.244. The molecule has 2 heterocycles. The van der Waals surface area contributed by atoms with Gasteiger partial charge in [0, 0.05) is 13.2 Å². The summed E-state index contributed by atoms with van der Waals surface area (Å²) in [6.07, 6.45) is 6.43. The Bertz CT molecular complexity index is 192. The van der Waals surface area contributed by atoms with Crippen molar-refractivity contribution in [2.75, 3.05) is 45.9 Å². The molecule has 16 heavy (non-hydrogen) atoms. The van der Waals surface area contributed by atoms with Crippen LogP contribution in [0.3, 0.4) is 0 Å². The molecule has 0 aromatic heterocycles. The van der Waals surface area contributed by atoms with Crippen molar-refractivity contribution in [1.82, 2.24) is 9.80 Å². The van der Waals surface area contributed by atoms with E-state index in [1.54, 1.807) is 0 Å². The second-order valence-electron chi connectivity index (χ2n) is 5.37. The highest BCUT2D eigenvalue weighted by atomic mass is 16.3. The second-order valence-corrected chi connectivity index (χ2v) is 5.37.